The molecule has 4 fully saturated rings. The molecular formula is C31H40ClN7O. The number of fused-ring (bicyclic) bond motifs is 1. The summed E-state index contributed by atoms with van der Waals surface area (Å²) in [5.41, 5.74) is 5.76. The lowest BCUT2D eigenvalue weighted by molar-refractivity contribution is -0.149. The maximum absolute atomic E-state index is 12.1. The summed E-state index contributed by atoms with van der Waals surface area (Å²) >= 11 is 7.15. The molecule has 4 heterocycles. The summed E-state index contributed by atoms with van der Waals surface area (Å²) in [6, 6.07) is 2.95. The van der Waals surface area contributed by atoms with Gasteiger partial charge in [0.25, 0.3) is 0 Å². The van der Waals surface area contributed by atoms with Gasteiger partial charge in [-0.1, -0.05) is 18.2 Å². The molecule has 3 aromatic rings. The number of hydrogen-bond donors (Lipinski definition) is 1. The van der Waals surface area contributed by atoms with Gasteiger partial charge in [0, 0.05) is 66.4 Å². The van der Waals surface area contributed by atoms with Crippen LogP contribution in [-0.4, -0.2) is 80.0 Å². The van der Waals surface area contributed by atoms with Gasteiger partial charge in [0.15, 0.2) is 5.82 Å². The summed E-state index contributed by atoms with van der Waals surface area (Å²) in [4.78, 5) is 19.3. The molecule has 7 rings (SSSR count). The van der Waals surface area contributed by atoms with E-state index in [0.29, 0.717) is 12.1 Å². The lowest BCUT2D eigenvalue weighted by Crippen LogP contribution is -2.67. The zero-order chi connectivity index (χ0) is 28.0. The fourth-order valence-corrected chi connectivity index (χ4v) is 8.25. The molecule has 40 heavy (non-hydrogen) atoms. The van der Waals surface area contributed by atoms with Crippen molar-refractivity contribution in [2.45, 2.75) is 77.4 Å². The molecule has 1 amide bonds. The third-order valence-electron chi connectivity index (χ3n) is 10.4. The fourth-order valence-electron chi connectivity index (χ4n) is 8.00. The Kier molecular flexibility index (Phi) is 5.92. The number of halogens is 1. The number of carbonyl (C=O) groups excluding carboxylic acids is 1. The van der Waals surface area contributed by atoms with E-state index in [9.17, 15) is 4.79 Å². The maximum Gasteiger partial charge on any atom is 0.245 e. The van der Waals surface area contributed by atoms with E-state index in [2.05, 4.69) is 65.0 Å². The van der Waals surface area contributed by atoms with E-state index in [1.165, 1.54) is 31.0 Å². The molecule has 2 aliphatic heterocycles. The monoisotopic (exact) mass is 561 g/mol. The predicted octanol–water partition coefficient (Wildman–Crippen LogP) is 5.50. The summed E-state index contributed by atoms with van der Waals surface area (Å²) in [6.07, 6.45) is 9.09. The fraction of sp³-hybridized carbons (Fsp3) is 0.581. The molecule has 0 atom stereocenters. The second-order valence-corrected chi connectivity index (χ2v) is 13.6. The van der Waals surface area contributed by atoms with Gasteiger partial charge in [-0.25, -0.2) is 0 Å². The molecule has 212 valence electrons. The number of aryl methyl sites for hydroxylation is 1. The molecule has 2 aromatic heterocycles. The summed E-state index contributed by atoms with van der Waals surface area (Å²) < 4.78 is 2.29. The summed E-state index contributed by atoms with van der Waals surface area (Å²) in [5.74, 6) is 1.12. The van der Waals surface area contributed by atoms with E-state index in [1.807, 2.05) is 11.1 Å². The molecule has 0 bridgehead atoms. The number of anilines is 1. The molecule has 2 saturated carbocycles. The first-order valence-corrected chi connectivity index (χ1v) is 15.2. The Balaban J connectivity index is 1.31. The van der Waals surface area contributed by atoms with Crippen molar-refractivity contribution in [3.8, 4) is 11.1 Å². The zero-order valence-electron chi connectivity index (χ0n) is 24.1. The number of likely N-dealkylation sites (tertiary alicyclic amines) is 1. The number of carbonyl (C=O) groups is 1. The number of nitrogens with one attached hydrogen (secondary N) is 1. The minimum Gasteiger partial charge on any atom is -0.346 e. The van der Waals surface area contributed by atoms with Crippen LogP contribution in [0.25, 0.3) is 22.0 Å². The smallest absolute Gasteiger partial charge is 0.245 e. The minimum atomic E-state index is 0.0403. The van der Waals surface area contributed by atoms with Crippen molar-refractivity contribution < 1.29 is 4.79 Å². The van der Waals surface area contributed by atoms with Crippen molar-refractivity contribution in [3.63, 3.8) is 0 Å². The highest BCUT2D eigenvalue weighted by atomic mass is 35.5. The van der Waals surface area contributed by atoms with Crippen molar-refractivity contribution in [2.24, 2.45) is 5.41 Å². The van der Waals surface area contributed by atoms with E-state index < -0.39 is 0 Å². The largest absolute Gasteiger partial charge is 0.346 e. The van der Waals surface area contributed by atoms with Crippen LogP contribution in [0.1, 0.15) is 63.3 Å². The van der Waals surface area contributed by atoms with Crippen LogP contribution in [0.5, 0.6) is 0 Å². The first-order chi connectivity index (χ1) is 19.2. The number of rotatable bonds is 5. The van der Waals surface area contributed by atoms with Gasteiger partial charge in [0.05, 0.1) is 28.3 Å². The molecular weight excluding hydrogens is 522 g/mol. The quantitative estimate of drug-likeness (QED) is 0.416. The Bertz CT molecular complexity index is 1500. The predicted molar refractivity (Wildman–Crippen MR) is 160 cm³/mol. The molecule has 2 spiro atoms. The molecule has 1 N–H and O–H groups in total. The number of benzene rings is 1. The first kappa shape index (κ1) is 26.1. The van der Waals surface area contributed by atoms with E-state index in [4.69, 9.17) is 16.7 Å². The zero-order valence-corrected chi connectivity index (χ0v) is 24.9. The molecule has 9 heteroatoms. The van der Waals surface area contributed by atoms with E-state index >= 15 is 0 Å². The van der Waals surface area contributed by atoms with Crippen molar-refractivity contribution in [1.29, 1.82) is 0 Å². The number of hydrogen-bond acceptors (Lipinski definition) is 5. The van der Waals surface area contributed by atoms with Crippen LogP contribution in [-0.2, 0) is 4.79 Å². The Morgan fingerprint density at radius 2 is 1.93 bits per heavy atom. The van der Waals surface area contributed by atoms with E-state index in [-0.39, 0.29) is 16.9 Å². The Morgan fingerprint density at radius 3 is 2.58 bits per heavy atom. The second-order valence-electron chi connectivity index (χ2n) is 13.2. The molecule has 4 aliphatic rings. The first-order valence-electron chi connectivity index (χ1n) is 14.8. The summed E-state index contributed by atoms with van der Waals surface area (Å²) in [6.45, 7) is 17.3. The standard InChI is InChI=1S/C31H40ClN7O/c1-6-25(40)37-16-30(17-37)13-22(14-30)39-21(5)26(27-23-15-33-34-24(23)12-20(4)28(27)32)29(35-39)38-11-10-36(19(2)3)18-31(38)8-7-9-31/h6,12,15,19,22H,1,7-11,13-14,16-18H2,2-5H3,(H,33,34). The SMILES string of the molecule is C=CC(=O)N1CC2(CC(n3nc(N4CCN(C(C)C)CC45CCC5)c(-c4c(Cl)c(C)cc5[nH]ncc45)c3C)C2)C1. The van der Waals surface area contributed by atoms with Crippen molar-refractivity contribution in [1.82, 2.24) is 29.8 Å². The minimum absolute atomic E-state index is 0.0403. The highest BCUT2D eigenvalue weighted by Gasteiger charge is 2.55. The van der Waals surface area contributed by atoms with E-state index in [1.54, 1.807) is 0 Å². The van der Waals surface area contributed by atoms with Crippen molar-refractivity contribution >= 4 is 34.2 Å². The lowest BCUT2D eigenvalue weighted by Gasteiger charge is -2.59. The third-order valence-corrected chi connectivity index (χ3v) is 10.9. The van der Waals surface area contributed by atoms with Crippen molar-refractivity contribution in [2.75, 3.05) is 37.6 Å². The van der Waals surface area contributed by atoms with Gasteiger partial charge < -0.3 is 9.80 Å². The van der Waals surface area contributed by atoms with Crippen LogP contribution < -0.4 is 4.90 Å². The highest BCUT2D eigenvalue weighted by molar-refractivity contribution is 6.36. The third kappa shape index (κ3) is 3.71. The van der Waals surface area contributed by atoms with Gasteiger partial charge in [-0.2, -0.15) is 10.2 Å². The van der Waals surface area contributed by atoms with Crippen LogP contribution in [0.3, 0.4) is 0 Å². The number of piperazine rings is 1. The number of aromatic amines is 1. The van der Waals surface area contributed by atoms with E-state index in [0.717, 1.165) is 84.0 Å². The second kappa shape index (κ2) is 9.08. The van der Waals surface area contributed by atoms with Gasteiger partial charge >= 0.3 is 0 Å². The Hall–Kier alpha value is -2.84. The number of aromatic nitrogens is 4. The Morgan fingerprint density at radius 1 is 1.18 bits per heavy atom. The average molecular weight is 562 g/mol. The van der Waals surface area contributed by atoms with Gasteiger partial charge in [-0.05, 0) is 77.5 Å². The number of nitrogens with zero attached hydrogens (tertiary/aromatic N) is 6. The van der Waals surface area contributed by atoms with Gasteiger partial charge in [-0.3, -0.25) is 19.5 Å². The Labute approximate surface area is 241 Å². The maximum atomic E-state index is 12.1. The normalized spacial score (nSPS) is 22.1. The van der Waals surface area contributed by atoms with Gasteiger partial charge in [0.2, 0.25) is 5.91 Å². The molecule has 0 unspecified atom stereocenters. The summed E-state index contributed by atoms with van der Waals surface area (Å²) in [7, 11) is 0. The molecule has 1 aromatic carbocycles. The molecule has 2 saturated heterocycles. The number of amides is 1. The van der Waals surface area contributed by atoms with Crippen LogP contribution in [0, 0.1) is 19.3 Å². The van der Waals surface area contributed by atoms with Crippen LogP contribution in [0.2, 0.25) is 5.02 Å². The van der Waals surface area contributed by atoms with Crippen molar-refractivity contribution in [3.05, 3.63) is 41.2 Å². The topological polar surface area (TPSA) is 73.3 Å². The highest BCUT2D eigenvalue weighted by Crippen LogP contribution is 2.56. The number of H-pyrrole nitrogens is 1. The van der Waals surface area contributed by atoms with Gasteiger partial charge in [-0.15, -0.1) is 0 Å². The molecule has 2 aliphatic carbocycles. The van der Waals surface area contributed by atoms with Crippen LogP contribution >= 0.6 is 11.6 Å². The van der Waals surface area contributed by atoms with Crippen LogP contribution in [0.4, 0.5) is 5.82 Å². The summed E-state index contributed by atoms with van der Waals surface area (Å²) in [5, 5.41) is 14.9. The average Bonchev–Trinajstić information content (AvgIpc) is 3.46. The molecule has 0 radical (unpaired) electrons. The lowest BCUT2D eigenvalue weighted by atomic mass is 9.60. The molecule has 8 nitrogen and oxygen atoms in total. The van der Waals surface area contributed by atoms with Crippen LogP contribution in [0.15, 0.2) is 24.9 Å². The van der Waals surface area contributed by atoms with Gasteiger partial charge in [0.1, 0.15) is 0 Å².